The van der Waals surface area contributed by atoms with Gasteiger partial charge in [0.05, 0.1) is 25.5 Å². The maximum Gasteiger partial charge on any atom is 0.278 e. The molecule has 2 aromatic heterocycles. The van der Waals surface area contributed by atoms with Gasteiger partial charge in [0, 0.05) is 11.9 Å². The second-order valence-corrected chi connectivity index (χ2v) is 7.45. The lowest BCUT2D eigenvalue weighted by molar-refractivity contribution is 0.414. The molecule has 0 aliphatic rings. The number of methoxy groups -OCH3 is 1. The SMILES string of the molecule is COc1ccc(Cn2cnc3c4ccccc4n(Cc4ccc(F)cc4)c3c2=O)cc1. The predicted molar refractivity (Wildman–Crippen MR) is 119 cm³/mol. The van der Waals surface area contributed by atoms with Crippen molar-refractivity contribution in [2.75, 3.05) is 7.11 Å². The van der Waals surface area contributed by atoms with Crippen LogP contribution in [0.5, 0.6) is 5.75 Å². The maximum absolute atomic E-state index is 13.5. The van der Waals surface area contributed by atoms with Gasteiger partial charge in [-0.05, 0) is 41.5 Å². The third-order valence-electron chi connectivity index (χ3n) is 5.50. The lowest BCUT2D eigenvalue weighted by Crippen LogP contribution is -2.23. The summed E-state index contributed by atoms with van der Waals surface area (Å²) in [4.78, 5) is 18.1. The molecule has 0 saturated heterocycles. The number of rotatable bonds is 5. The lowest BCUT2D eigenvalue weighted by atomic mass is 10.2. The molecule has 154 valence electrons. The molecule has 6 heteroatoms. The Bertz CT molecular complexity index is 1430. The van der Waals surface area contributed by atoms with E-state index in [4.69, 9.17) is 4.74 Å². The minimum atomic E-state index is -0.283. The number of halogens is 1. The van der Waals surface area contributed by atoms with Crippen molar-refractivity contribution in [3.05, 3.63) is 106 Å². The van der Waals surface area contributed by atoms with Crippen LogP contribution in [0.25, 0.3) is 21.9 Å². The van der Waals surface area contributed by atoms with E-state index in [0.717, 1.165) is 27.8 Å². The van der Waals surface area contributed by atoms with Crippen LogP contribution in [0.3, 0.4) is 0 Å². The molecule has 3 aromatic carbocycles. The van der Waals surface area contributed by atoms with Gasteiger partial charge in [0.15, 0.2) is 0 Å². The first kappa shape index (κ1) is 19.1. The van der Waals surface area contributed by atoms with E-state index in [1.165, 1.54) is 12.1 Å². The molecule has 0 spiro atoms. The standard InChI is InChI=1S/C25H20FN3O2/c1-31-20-12-8-17(9-13-20)14-28-16-27-23-21-4-2-3-5-22(21)29(24(23)25(28)30)15-18-6-10-19(26)11-7-18/h2-13,16H,14-15H2,1H3. The molecule has 0 saturated carbocycles. The molecule has 5 aromatic rings. The van der Waals surface area contributed by atoms with Crippen LogP contribution in [-0.4, -0.2) is 21.2 Å². The summed E-state index contributed by atoms with van der Waals surface area (Å²) in [6.45, 7) is 0.859. The highest BCUT2D eigenvalue weighted by Gasteiger charge is 2.16. The molecule has 5 nitrogen and oxygen atoms in total. The van der Waals surface area contributed by atoms with Crippen LogP contribution in [0, 0.1) is 5.82 Å². The summed E-state index contributed by atoms with van der Waals surface area (Å²) in [5.41, 5.74) is 3.92. The van der Waals surface area contributed by atoms with Crippen molar-refractivity contribution < 1.29 is 9.13 Å². The van der Waals surface area contributed by atoms with Gasteiger partial charge in [0.1, 0.15) is 22.6 Å². The Morgan fingerprint density at radius 1 is 0.903 bits per heavy atom. The monoisotopic (exact) mass is 413 g/mol. The highest BCUT2D eigenvalue weighted by Crippen LogP contribution is 2.26. The summed E-state index contributed by atoms with van der Waals surface area (Å²) in [7, 11) is 1.62. The van der Waals surface area contributed by atoms with Gasteiger partial charge in [0.25, 0.3) is 5.56 Å². The van der Waals surface area contributed by atoms with E-state index in [1.807, 2.05) is 53.1 Å². The minimum absolute atomic E-state index is 0.112. The molecular formula is C25H20FN3O2. The van der Waals surface area contributed by atoms with Crippen LogP contribution in [-0.2, 0) is 13.1 Å². The molecule has 0 fully saturated rings. The van der Waals surface area contributed by atoms with Gasteiger partial charge in [-0.2, -0.15) is 0 Å². The van der Waals surface area contributed by atoms with Crippen molar-refractivity contribution >= 4 is 21.9 Å². The quantitative estimate of drug-likeness (QED) is 0.423. The van der Waals surface area contributed by atoms with Crippen LogP contribution >= 0.6 is 0 Å². The van der Waals surface area contributed by atoms with Crippen LogP contribution in [0.1, 0.15) is 11.1 Å². The molecule has 0 unspecified atom stereocenters. The van der Waals surface area contributed by atoms with Crippen molar-refractivity contribution in [2.45, 2.75) is 13.1 Å². The summed E-state index contributed by atoms with van der Waals surface area (Å²) < 4.78 is 22.2. The Morgan fingerprint density at radius 2 is 1.58 bits per heavy atom. The Hall–Kier alpha value is -3.93. The maximum atomic E-state index is 13.5. The number of hydrogen-bond donors (Lipinski definition) is 0. The highest BCUT2D eigenvalue weighted by atomic mass is 19.1. The van der Waals surface area contributed by atoms with Gasteiger partial charge in [-0.15, -0.1) is 0 Å². The fraction of sp³-hybridized carbons (Fsp3) is 0.120. The number of hydrogen-bond acceptors (Lipinski definition) is 3. The minimum Gasteiger partial charge on any atom is -0.497 e. The van der Waals surface area contributed by atoms with E-state index in [9.17, 15) is 9.18 Å². The molecule has 0 amide bonds. The van der Waals surface area contributed by atoms with Gasteiger partial charge < -0.3 is 9.30 Å². The third kappa shape index (κ3) is 3.46. The van der Waals surface area contributed by atoms with Gasteiger partial charge in [-0.25, -0.2) is 9.37 Å². The molecule has 0 N–H and O–H groups in total. The first-order valence-electron chi connectivity index (χ1n) is 9.98. The van der Waals surface area contributed by atoms with Crippen LogP contribution < -0.4 is 10.3 Å². The first-order valence-corrected chi connectivity index (χ1v) is 9.98. The highest BCUT2D eigenvalue weighted by molar-refractivity contribution is 6.05. The van der Waals surface area contributed by atoms with E-state index >= 15 is 0 Å². The van der Waals surface area contributed by atoms with Crippen molar-refractivity contribution in [3.8, 4) is 5.75 Å². The zero-order chi connectivity index (χ0) is 21.4. The van der Waals surface area contributed by atoms with Crippen molar-refractivity contribution in [3.63, 3.8) is 0 Å². The molecule has 2 heterocycles. The smallest absolute Gasteiger partial charge is 0.278 e. The fourth-order valence-electron chi connectivity index (χ4n) is 3.93. The first-order chi connectivity index (χ1) is 15.1. The van der Waals surface area contributed by atoms with E-state index < -0.39 is 0 Å². The summed E-state index contributed by atoms with van der Waals surface area (Å²) in [5.74, 6) is 0.485. The topological polar surface area (TPSA) is 49.0 Å². The molecule has 0 radical (unpaired) electrons. The average Bonchev–Trinajstić information content (AvgIpc) is 3.12. The molecule has 5 rings (SSSR count). The average molecular weight is 413 g/mol. The molecular weight excluding hydrogens is 393 g/mol. The Morgan fingerprint density at radius 3 is 2.32 bits per heavy atom. The summed E-state index contributed by atoms with van der Waals surface area (Å²) >= 11 is 0. The predicted octanol–water partition coefficient (Wildman–Crippen LogP) is 4.60. The second-order valence-electron chi connectivity index (χ2n) is 7.45. The van der Waals surface area contributed by atoms with Gasteiger partial charge in [-0.1, -0.05) is 42.5 Å². The third-order valence-corrected chi connectivity index (χ3v) is 5.50. The second kappa shape index (κ2) is 7.72. The Balaban J connectivity index is 1.65. The normalized spacial score (nSPS) is 11.3. The van der Waals surface area contributed by atoms with Crippen molar-refractivity contribution in [1.29, 1.82) is 0 Å². The van der Waals surface area contributed by atoms with Gasteiger partial charge in [-0.3, -0.25) is 9.36 Å². The van der Waals surface area contributed by atoms with E-state index in [2.05, 4.69) is 4.98 Å². The van der Waals surface area contributed by atoms with Crippen LogP contribution in [0.2, 0.25) is 0 Å². The number of para-hydroxylation sites is 1. The Kier molecular flexibility index (Phi) is 4.75. The zero-order valence-electron chi connectivity index (χ0n) is 17.0. The van der Waals surface area contributed by atoms with Crippen LogP contribution in [0.15, 0.2) is 83.9 Å². The molecule has 0 bridgehead atoms. The number of aromatic nitrogens is 3. The summed E-state index contributed by atoms with van der Waals surface area (Å²) in [6, 6.07) is 21.8. The van der Waals surface area contributed by atoms with E-state index in [0.29, 0.717) is 24.1 Å². The molecule has 0 aliphatic heterocycles. The lowest BCUT2D eigenvalue weighted by Gasteiger charge is -2.10. The fourth-order valence-corrected chi connectivity index (χ4v) is 3.93. The Labute approximate surface area is 178 Å². The number of benzene rings is 3. The van der Waals surface area contributed by atoms with E-state index in [-0.39, 0.29) is 11.4 Å². The van der Waals surface area contributed by atoms with Gasteiger partial charge >= 0.3 is 0 Å². The molecule has 0 aliphatic carbocycles. The van der Waals surface area contributed by atoms with E-state index in [1.54, 1.807) is 30.1 Å². The number of fused-ring (bicyclic) bond motifs is 3. The summed E-state index contributed by atoms with van der Waals surface area (Å²) in [6.07, 6.45) is 1.60. The molecule has 31 heavy (non-hydrogen) atoms. The van der Waals surface area contributed by atoms with Crippen LogP contribution in [0.4, 0.5) is 4.39 Å². The van der Waals surface area contributed by atoms with Gasteiger partial charge in [0.2, 0.25) is 0 Å². The largest absolute Gasteiger partial charge is 0.497 e. The zero-order valence-corrected chi connectivity index (χ0v) is 17.0. The number of nitrogens with zero attached hydrogens (tertiary/aromatic N) is 3. The van der Waals surface area contributed by atoms with Crippen molar-refractivity contribution in [1.82, 2.24) is 14.1 Å². The molecule has 0 atom stereocenters. The van der Waals surface area contributed by atoms with Crippen molar-refractivity contribution in [2.24, 2.45) is 0 Å². The number of ether oxygens (including phenoxy) is 1. The summed E-state index contributed by atoms with van der Waals surface area (Å²) in [5, 5.41) is 0.924.